The van der Waals surface area contributed by atoms with Crippen molar-refractivity contribution in [3.63, 3.8) is 0 Å². The topological polar surface area (TPSA) is 83.1 Å². The molecule has 35 heavy (non-hydrogen) atoms. The Morgan fingerprint density at radius 1 is 0.914 bits per heavy atom. The van der Waals surface area contributed by atoms with Crippen LogP contribution in [0.15, 0.2) is 48.7 Å². The quantitative estimate of drug-likeness (QED) is 0.569. The van der Waals surface area contributed by atoms with Gasteiger partial charge >= 0.3 is 6.09 Å². The lowest BCUT2D eigenvalue weighted by molar-refractivity contribution is -0.152. The Bertz CT molecular complexity index is 1010. The fourth-order valence-electron chi connectivity index (χ4n) is 4.56. The van der Waals surface area contributed by atoms with Crippen LogP contribution in [0.4, 0.5) is 4.79 Å². The molecule has 1 aromatic heterocycles. The van der Waals surface area contributed by atoms with Crippen LogP contribution in [0.5, 0.6) is 5.75 Å². The van der Waals surface area contributed by atoms with Crippen LogP contribution < -0.4 is 4.74 Å². The third-order valence-corrected chi connectivity index (χ3v) is 6.66. The average Bonchev–Trinajstić information content (AvgIpc) is 2.83. The van der Waals surface area contributed by atoms with Gasteiger partial charge in [0.1, 0.15) is 5.75 Å². The molecule has 2 fully saturated rings. The Balaban J connectivity index is 1.19. The van der Waals surface area contributed by atoms with E-state index in [1.165, 1.54) is 4.90 Å². The van der Waals surface area contributed by atoms with E-state index in [1.807, 2.05) is 50.4 Å². The second-order valence-corrected chi connectivity index (χ2v) is 10.1. The van der Waals surface area contributed by atoms with E-state index in [-0.39, 0.29) is 23.3 Å². The molecule has 2 saturated heterocycles. The SMILES string of the molecule is CC1(C)CC(=O)N(CCc2ccc(OC(=O)N3CCN(CCc4ccccn4)CC3)cc2)C(=O)C1. The fraction of sp³-hybridized carbons (Fsp3) is 0.481. The van der Waals surface area contributed by atoms with Crippen molar-refractivity contribution in [2.45, 2.75) is 39.5 Å². The molecule has 0 aliphatic carbocycles. The van der Waals surface area contributed by atoms with Crippen molar-refractivity contribution in [3.8, 4) is 5.75 Å². The van der Waals surface area contributed by atoms with Gasteiger partial charge in [0.25, 0.3) is 0 Å². The van der Waals surface area contributed by atoms with Crippen LogP contribution in [0.2, 0.25) is 0 Å². The average molecular weight is 479 g/mol. The molecule has 0 bridgehead atoms. The molecule has 2 aromatic rings. The summed E-state index contributed by atoms with van der Waals surface area (Å²) >= 11 is 0. The molecular formula is C27H34N4O4. The molecule has 0 N–H and O–H groups in total. The first-order chi connectivity index (χ1) is 16.8. The number of piperazine rings is 1. The second-order valence-electron chi connectivity index (χ2n) is 10.1. The highest BCUT2D eigenvalue weighted by atomic mass is 16.6. The Morgan fingerprint density at radius 2 is 1.60 bits per heavy atom. The zero-order chi connectivity index (χ0) is 24.8. The monoisotopic (exact) mass is 478 g/mol. The van der Waals surface area contributed by atoms with Crippen LogP contribution >= 0.6 is 0 Å². The summed E-state index contributed by atoms with van der Waals surface area (Å²) in [6, 6.07) is 13.2. The molecule has 2 aliphatic rings. The summed E-state index contributed by atoms with van der Waals surface area (Å²) in [5, 5.41) is 0. The van der Waals surface area contributed by atoms with Crippen LogP contribution in [0.3, 0.4) is 0 Å². The van der Waals surface area contributed by atoms with Gasteiger partial charge in [0, 0.05) is 70.4 Å². The number of benzene rings is 1. The molecule has 8 nitrogen and oxygen atoms in total. The van der Waals surface area contributed by atoms with E-state index in [4.69, 9.17) is 4.74 Å². The normalized spacial score (nSPS) is 18.6. The number of carbonyl (C=O) groups is 3. The lowest BCUT2D eigenvalue weighted by Gasteiger charge is -2.34. The molecular weight excluding hydrogens is 444 g/mol. The number of pyridine rings is 1. The van der Waals surface area contributed by atoms with Crippen molar-refractivity contribution >= 4 is 17.9 Å². The molecule has 8 heteroatoms. The van der Waals surface area contributed by atoms with E-state index in [1.54, 1.807) is 17.0 Å². The first-order valence-electron chi connectivity index (χ1n) is 12.3. The first-order valence-corrected chi connectivity index (χ1v) is 12.3. The summed E-state index contributed by atoms with van der Waals surface area (Å²) in [5.74, 6) is 0.283. The Morgan fingerprint density at radius 3 is 2.23 bits per heavy atom. The minimum Gasteiger partial charge on any atom is -0.410 e. The molecule has 0 radical (unpaired) electrons. The van der Waals surface area contributed by atoms with Crippen molar-refractivity contribution in [2.24, 2.45) is 5.41 Å². The van der Waals surface area contributed by atoms with Crippen LogP contribution in [-0.2, 0) is 22.4 Å². The lowest BCUT2D eigenvalue weighted by Crippen LogP contribution is -2.49. The molecule has 1 aromatic carbocycles. The minimum absolute atomic E-state index is 0.103. The number of piperidine rings is 1. The molecule has 3 amide bonds. The molecule has 0 unspecified atom stereocenters. The summed E-state index contributed by atoms with van der Waals surface area (Å²) in [4.78, 5) is 47.1. The van der Waals surface area contributed by atoms with Gasteiger partial charge in [0.2, 0.25) is 11.8 Å². The smallest absolute Gasteiger partial charge is 0.410 e. The Kier molecular flexibility index (Phi) is 7.80. The predicted molar refractivity (Wildman–Crippen MR) is 132 cm³/mol. The number of aromatic nitrogens is 1. The highest BCUT2D eigenvalue weighted by Crippen LogP contribution is 2.31. The zero-order valence-corrected chi connectivity index (χ0v) is 20.6. The van der Waals surface area contributed by atoms with Gasteiger partial charge in [-0.15, -0.1) is 0 Å². The van der Waals surface area contributed by atoms with Gasteiger partial charge in [-0.2, -0.15) is 0 Å². The number of ether oxygens (including phenoxy) is 1. The van der Waals surface area contributed by atoms with Gasteiger partial charge in [-0.25, -0.2) is 4.79 Å². The summed E-state index contributed by atoms with van der Waals surface area (Å²) in [6.07, 6.45) is 3.74. The van der Waals surface area contributed by atoms with Gasteiger partial charge in [-0.3, -0.25) is 24.4 Å². The molecule has 0 atom stereocenters. The van der Waals surface area contributed by atoms with E-state index in [0.717, 1.165) is 37.3 Å². The van der Waals surface area contributed by atoms with Crippen molar-refractivity contribution < 1.29 is 19.1 Å². The van der Waals surface area contributed by atoms with E-state index >= 15 is 0 Å². The van der Waals surface area contributed by atoms with Gasteiger partial charge in [0.05, 0.1) is 0 Å². The molecule has 3 heterocycles. The first kappa shape index (κ1) is 24.9. The highest BCUT2D eigenvalue weighted by Gasteiger charge is 2.37. The van der Waals surface area contributed by atoms with Gasteiger partial charge in [0.15, 0.2) is 0 Å². The number of carbonyl (C=O) groups excluding carboxylic acids is 3. The number of amides is 3. The van der Waals surface area contributed by atoms with E-state index in [9.17, 15) is 14.4 Å². The van der Waals surface area contributed by atoms with Crippen LogP contribution in [0.1, 0.15) is 37.9 Å². The maximum absolute atomic E-state index is 12.6. The summed E-state index contributed by atoms with van der Waals surface area (Å²) < 4.78 is 5.56. The van der Waals surface area contributed by atoms with Crippen LogP contribution in [0.25, 0.3) is 0 Å². The number of hydrogen-bond donors (Lipinski definition) is 0. The van der Waals surface area contributed by atoms with Crippen molar-refractivity contribution in [1.82, 2.24) is 19.7 Å². The van der Waals surface area contributed by atoms with Gasteiger partial charge < -0.3 is 9.64 Å². The van der Waals surface area contributed by atoms with E-state index < -0.39 is 0 Å². The number of likely N-dealkylation sites (tertiary alicyclic amines) is 1. The largest absolute Gasteiger partial charge is 0.415 e. The lowest BCUT2D eigenvalue weighted by atomic mass is 9.81. The standard InChI is InChI=1S/C27H34N4O4/c1-27(2)19-24(32)31(25(33)20-27)14-10-21-6-8-23(9-7-21)35-26(34)30-17-15-29(16-18-30)13-11-22-5-3-4-12-28-22/h3-9,12H,10-11,13-20H2,1-2H3. The third-order valence-electron chi connectivity index (χ3n) is 6.66. The second kappa shape index (κ2) is 11.0. The molecule has 2 aliphatic heterocycles. The Hall–Kier alpha value is -3.26. The number of rotatable bonds is 7. The summed E-state index contributed by atoms with van der Waals surface area (Å²) in [5.41, 5.74) is 1.80. The minimum atomic E-state index is -0.339. The fourth-order valence-corrected chi connectivity index (χ4v) is 4.56. The zero-order valence-electron chi connectivity index (χ0n) is 20.6. The Labute approximate surface area is 206 Å². The van der Waals surface area contributed by atoms with Crippen LogP contribution in [-0.4, -0.2) is 76.9 Å². The molecule has 186 valence electrons. The van der Waals surface area contributed by atoms with E-state index in [0.29, 0.717) is 44.6 Å². The van der Waals surface area contributed by atoms with Crippen molar-refractivity contribution in [1.29, 1.82) is 0 Å². The number of imide groups is 1. The summed E-state index contributed by atoms with van der Waals surface area (Å²) in [7, 11) is 0. The predicted octanol–water partition coefficient (Wildman–Crippen LogP) is 3.16. The van der Waals surface area contributed by atoms with Crippen LogP contribution in [0, 0.1) is 5.41 Å². The van der Waals surface area contributed by atoms with Gasteiger partial charge in [-0.1, -0.05) is 32.0 Å². The maximum atomic E-state index is 12.6. The van der Waals surface area contributed by atoms with Crippen molar-refractivity contribution in [2.75, 3.05) is 39.3 Å². The number of nitrogens with zero attached hydrogens (tertiary/aromatic N) is 4. The highest BCUT2D eigenvalue weighted by molar-refractivity contribution is 5.98. The molecule has 0 spiro atoms. The molecule has 0 saturated carbocycles. The maximum Gasteiger partial charge on any atom is 0.415 e. The van der Waals surface area contributed by atoms with Crippen molar-refractivity contribution in [3.05, 3.63) is 59.9 Å². The third kappa shape index (κ3) is 6.88. The van der Waals surface area contributed by atoms with E-state index in [2.05, 4.69) is 9.88 Å². The summed E-state index contributed by atoms with van der Waals surface area (Å²) in [6.45, 7) is 8.08. The number of hydrogen-bond acceptors (Lipinski definition) is 6. The molecule has 4 rings (SSSR count). The van der Waals surface area contributed by atoms with Gasteiger partial charge in [-0.05, 0) is 41.7 Å².